The summed E-state index contributed by atoms with van der Waals surface area (Å²) >= 11 is 0. The molecule has 132 valence electrons. The van der Waals surface area contributed by atoms with E-state index in [0.29, 0.717) is 12.5 Å². The zero-order valence-corrected chi connectivity index (χ0v) is 13.3. The fourth-order valence-corrected chi connectivity index (χ4v) is 2.86. The van der Waals surface area contributed by atoms with Crippen molar-refractivity contribution in [3.63, 3.8) is 0 Å². The SMILES string of the molecule is [2H]C([2H])([2H])Oc1cc2c(cc1OC)CCN1[C@H]2C([2H])([2H])C(=O)[C@@]([2H])(C([2H])([2H])C(C)(O)C([2H])([2H])[2H])C1([2H])[2H]. The Bertz CT molecular complexity index is 1100. The molecule has 0 saturated carbocycles. The van der Waals surface area contributed by atoms with E-state index in [1.165, 1.54) is 13.2 Å². The van der Waals surface area contributed by atoms with E-state index in [2.05, 4.69) is 0 Å². The van der Waals surface area contributed by atoms with Gasteiger partial charge in [-0.15, -0.1) is 0 Å². The quantitative estimate of drug-likeness (QED) is 0.907. The molecule has 24 heavy (non-hydrogen) atoms. The molecule has 0 amide bonds. The van der Waals surface area contributed by atoms with Crippen molar-refractivity contribution in [3.8, 4) is 11.5 Å². The normalized spacial score (nSPS) is 43.2. The molecule has 3 atom stereocenters. The van der Waals surface area contributed by atoms with Crippen LogP contribution in [0, 0.1) is 5.89 Å². The first-order valence-corrected chi connectivity index (χ1v) is 7.33. The van der Waals surface area contributed by atoms with Crippen molar-refractivity contribution >= 4 is 5.78 Å². The van der Waals surface area contributed by atoms with Crippen molar-refractivity contribution in [2.24, 2.45) is 5.89 Å². The number of methoxy groups -OCH3 is 2. The first-order valence-electron chi connectivity index (χ1n) is 13.8. The van der Waals surface area contributed by atoms with Gasteiger partial charge in [0.25, 0.3) is 0 Å². The molecule has 0 spiro atoms. The predicted octanol–water partition coefficient (Wildman–Crippen LogP) is 2.35. The van der Waals surface area contributed by atoms with Gasteiger partial charge in [0, 0.05) is 45.1 Å². The lowest BCUT2D eigenvalue weighted by Gasteiger charge is -2.44. The molecule has 3 rings (SSSR count). The molecule has 1 fully saturated rings. The third-order valence-electron chi connectivity index (χ3n) is 3.88. The van der Waals surface area contributed by atoms with Crippen LogP contribution in [0.2, 0.25) is 0 Å². The molecule has 2 aliphatic heterocycles. The number of aliphatic hydroxyl groups is 1. The molecule has 2 aliphatic rings. The molecule has 5 nitrogen and oxygen atoms in total. The van der Waals surface area contributed by atoms with Crippen molar-refractivity contribution in [1.82, 2.24) is 4.90 Å². The van der Waals surface area contributed by atoms with Gasteiger partial charge in [0.1, 0.15) is 5.78 Å². The van der Waals surface area contributed by atoms with Crippen LogP contribution < -0.4 is 9.47 Å². The summed E-state index contributed by atoms with van der Waals surface area (Å²) < 4.78 is 115. The third kappa shape index (κ3) is 3.28. The number of nitrogens with zero attached hydrogens (tertiary/aromatic N) is 1. The Morgan fingerprint density at radius 3 is 3.04 bits per heavy atom. The number of carbonyl (C=O) groups excluding carboxylic acids is 1. The van der Waals surface area contributed by atoms with Gasteiger partial charge in [0.05, 0.1) is 23.9 Å². The summed E-state index contributed by atoms with van der Waals surface area (Å²) in [5.74, 6) is -5.99. The molecule has 1 N–H and O–H groups in total. The number of fused-ring (bicyclic) bond motifs is 3. The Morgan fingerprint density at radius 2 is 2.33 bits per heavy atom. The molecular weight excluding hydrogens is 306 g/mol. The highest BCUT2D eigenvalue weighted by Crippen LogP contribution is 2.42. The van der Waals surface area contributed by atoms with Crippen LogP contribution in [-0.2, 0) is 11.2 Å². The maximum absolute atomic E-state index is 13.6. The number of benzene rings is 1. The van der Waals surface area contributed by atoms with Gasteiger partial charge in [0.15, 0.2) is 11.5 Å². The van der Waals surface area contributed by atoms with Crippen LogP contribution in [0.15, 0.2) is 12.1 Å². The molecular formula is C19H27NO4. The van der Waals surface area contributed by atoms with Crippen LogP contribution in [0.5, 0.6) is 11.5 Å². The molecule has 1 unspecified atom stereocenters. The number of ketones is 1. The van der Waals surface area contributed by atoms with E-state index in [1.54, 1.807) is 0 Å². The first-order chi connectivity index (χ1) is 16.4. The molecule has 5 heteroatoms. The average Bonchev–Trinajstić information content (AvgIpc) is 2.73. The van der Waals surface area contributed by atoms with Crippen molar-refractivity contribution in [2.45, 2.75) is 44.6 Å². The van der Waals surface area contributed by atoms with Crippen LogP contribution in [0.25, 0.3) is 0 Å². The fourth-order valence-electron chi connectivity index (χ4n) is 2.86. The number of carbonyl (C=O) groups is 1. The second-order valence-electron chi connectivity index (χ2n) is 5.81. The summed E-state index contributed by atoms with van der Waals surface area (Å²) in [5, 5.41) is 10.7. The maximum atomic E-state index is 13.6. The summed E-state index contributed by atoms with van der Waals surface area (Å²) in [6.07, 6.45) is -7.00. The van der Waals surface area contributed by atoms with Crippen LogP contribution in [0.4, 0.5) is 0 Å². The summed E-state index contributed by atoms with van der Waals surface area (Å²) in [5.41, 5.74) is -3.09. The molecule has 0 bridgehead atoms. The molecule has 1 saturated heterocycles. The maximum Gasteiger partial charge on any atom is 0.161 e. The molecule has 1 aromatic carbocycles. The third-order valence-corrected chi connectivity index (χ3v) is 3.88. The van der Waals surface area contributed by atoms with Gasteiger partial charge < -0.3 is 14.6 Å². The minimum atomic E-state index is -3.81. The molecule has 1 aromatic rings. The number of Topliss-reactive ketones (excluding diaryl/α,β-unsaturated/α-hetero) is 1. The van der Waals surface area contributed by atoms with E-state index in [-0.39, 0.29) is 30.0 Å². The van der Waals surface area contributed by atoms with Crippen LogP contribution in [0.1, 0.15) is 61.5 Å². The highest BCUT2D eigenvalue weighted by atomic mass is 16.5. The largest absolute Gasteiger partial charge is 0.493 e. The van der Waals surface area contributed by atoms with Crippen LogP contribution >= 0.6 is 0 Å². The van der Waals surface area contributed by atoms with Gasteiger partial charge in [0.2, 0.25) is 0 Å². The molecule has 0 aromatic heterocycles. The number of piperidine rings is 1. The van der Waals surface area contributed by atoms with Crippen molar-refractivity contribution < 1.29 is 37.2 Å². The predicted molar refractivity (Wildman–Crippen MR) is 91.6 cm³/mol. The van der Waals surface area contributed by atoms with Crippen molar-refractivity contribution in [2.75, 3.05) is 27.2 Å². The van der Waals surface area contributed by atoms with E-state index >= 15 is 0 Å². The van der Waals surface area contributed by atoms with Crippen molar-refractivity contribution in [3.05, 3.63) is 23.3 Å². The number of hydrogen-bond acceptors (Lipinski definition) is 5. The fraction of sp³-hybridized carbons (Fsp3) is 0.632. The lowest BCUT2D eigenvalue weighted by molar-refractivity contribution is -0.131. The average molecular weight is 347 g/mol. The van der Waals surface area contributed by atoms with Gasteiger partial charge in [-0.3, -0.25) is 9.69 Å². The Balaban J connectivity index is 2.27. The highest BCUT2D eigenvalue weighted by molar-refractivity contribution is 5.83. The Labute approximate surface area is 161 Å². The van der Waals surface area contributed by atoms with E-state index in [1.807, 2.05) is 0 Å². The summed E-state index contributed by atoms with van der Waals surface area (Å²) in [4.78, 5) is 14.3. The smallest absolute Gasteiger partial charge is 0.161 e. The summed E-state index contributed by atoms with van der Waals surface area (Å²) in [6.45, 7) is -6.65. The zero-order chi connectivity index (χ0) is 28.8. The van der Waals surface area contributed by atoms with Crippen LogP contribution in [-0.4, -0.2) is 48.6 Å². The van der Waals surface area contributed by atoms with Gasteiger partial charge in [-0.25, -0.2) is 0 Å². The van der Waals surface area contributed by atoms with Crippen molar-refractivity contribution in [1.29, 1.82) is 0 Å². The van der Waals surface area contributed by atoms with E-state index in [9.17, 15) is 9.90 Å². The van der Waals surface area contributed by atoms with Gasteiger partial charge in [-0.1, -0.05) is 0 Å². The van der Waals surface area contributed by atoms with E-state index in [0.717, 1.165) is 11.0 Å². The highest BCUT2D eigenvalue weighted by Gasteiger charge is 2.40. The summed E-state index contributed by atoms with van der Waals surface area (Å²) in [6, 6.07) is 0.698. The minimum absolute atomic E-state index is 0.00519. The van der Waals surface area contributed by atoms with Gasteiger partial charge in [-0.05, 0) is 49.8 Å². The first kappa shape index (κ1) is 7.34. The topological polar surface area (TPSA) is 59.0 Å². The van der Waals surface area contributed by atoms with Gasteiger partial charge in [-0.2, -0.15) is 0 Å². The van der Waals surface area contributed by atoms with E-state index in [4.69, 9.17) is 27.3 Å². The Morgan fingerprint density at radius 1 is 1.54 bits per heavy atom. The Hall–Kier alpha value is -1.59. The van der Waals surface area contributed by atoms with Gasteiger partial charge >= 0.3 is 0 Å². The second-order valence-corrected chi connectivity index (χ2v) is 5.81. The molecule has 0 radical (unpaired) electrons. The number of rotatable bonds is 4. The summed E-state index contributed by atoms with van der Waals surface area (Å²) in [7, 11) is -1.68. The number of hydrogen-bond donors (Lipinski definition) is 1. The lowest BCUT2D eigenvalue weighted by Crippen LogP contribution is -2.47. The number of ether oxygens (including phenoxy) is 2. The lowest BCUT2D eigenvalue weighted by atomic mass is 9.79. The Kier molecular flexibility index (Phi) is 1.95. The minimum Gasteiger partial charge on any atom is -0.493 e. The van der Waals surface area contributed by atoms with Crippen LogP contribution in [0.3, 0.4) is 0 Å². The molecule has 0 aliphatic carbocycles. The standard InChI is InChI=1S/C19H27NO4/c1-19(2,22)10-13-11-20-6-5-12-7-17(23-3)18(24-4)8-14(12)15(20)9-16(13)21/h7-8,13,15,22H,5-6,9-11H2,1-4H3/t13-,15-/m0/s1/i1D3,4D3,9D2,10D2,11D2,13D/t13-,15-,19?. The van der Waals surface area contributed by atoms with E-state index < -0.39 is 56.5 Å². The molecule has 2 heterocycles. The second kappa shape index (κ2) is 6.37. The zero-order valence-electron chi connectivity index (χ0n) is 26.3. The monoisotopic (exact) mass is 346 g/mol.